The fourth-order valence-electron chi connectivity index (χ4n) is 4.24. The predicted molar refractivity (Wildman–Crippen MR) is 143 cm³/mol. The number of sulfonamides is 1. The first kappa shape index (κ1) is 29.0. The number of nitrogens with one attached hydrogen (secondary N) is 1. The van der Waals surface area contributed by atoms with E-state index in [0.717, 1.165) is 0 Å². The molecule has 39 heavy (non-hydrogen) atoms. The molecule has 1 aromatic carbocycles. The van der Waals surface area contributed by atoms with Crippen molar-refractivity contribution in [3.8, 4) is 22.3 Å². The van der Waals surface area contributed by atoms with Crippen molar-refractivity contribution >= 4 is 49.2 Å². The smallest absolute Gasteiger partial charge is 0.472 e. The highest BCUT2D eigenvalue weighted by Crippen LogP contribution is 2.48. The molecular weight excluding hydrogens is 627 g/mol. The molecule has 1 N–H and O–H groups in total. The third kappa shape index (κ3) is 5.52. The van der Waals surface area contributed by atoms with E-state index in [1.807, 2.05) is 6.92 Å². The molecule has 0 atom stereocenters. The van der Waals surface area contributed by atoms with Crippen LogP contribution >= 0.6 is 27.5 Å². The number of alkyl halides is 3. The summed E-state index contributed by atoms with van der Waals surface area (Å²) in [6, 6.07) is 7.38. The van der Waals surface area contributed by atoms with Crippen LogP contribution in [0.25, 0.3) is 22.3 Å². The van der Waals surface area contributed by atoms with Gasteiger partial charge in [-0.2, -0.15) is 21.6 Å². The van der Waals surface area contributed by atoms with Gasteiger partial charge in [-0.3, -0.25) is 4.72 Å². The van der Waals surface area contributed by atoms with E-state index < -0.39 is 21.5 Å². The number of esters is 1. The number of hydrogen-bond donors (Lipinski definition) is 1. The average molecular weight is 649 g/mol. The molecule has 14 heteroatoms. The number of ether oxygens (including phenoxy) is 1. The Morgan fingerprint density at radius 1 is 1.18 bits per heavy atom. The summed E-state index contributed by atoms with van der Waals surface area (Å²) in [5.74, 6) is -0.171. The number of halogens is 5. The van der Waals surface area contributed by atoms with Crippen molar-refractivity contribution in [2.45, 2.75) is 38.7 Å². The van der Waals surface area contributed by atoms with Gasteiger partial charge in [0.05, 0.1) is 31.4 Å². The Labute approximate surface area is 235 Å². The van der Waals surface area contributed by atoms with Gasteiger partial charge in [0.1, 0.15) is 5.82 Å². The third-order valence-corrected chi connectivity index (χ3v) is 8.07. The number of hydrogen-bond acceptors (Lipinski definition) is 6. The van der Waals surface area contributed by atoms with Gasteiger partial charge in [0.2, 0.25) is 0 Å². The van der Waals surface area contributed by atoms with E-state index in [0.29, 0.717) is 45.4 Å². The Morgan fingerprint density at radius 2 is 1.90 bits per heavy atom. The Balaban J connectivity index is 1.97. The Kier molecular flexibility index (Phi) is 8.33. The summed E-state index contributed by atoms with van der Waals surface area (Å²) >= 11 is 9.89. The van der Waals surface area contributed by atoms with Crippen molar-refractivity contribution < 1.29 is 35.5 Å². The van der Waals surface area contributed by atoms with Gasteiger partial charge >= 0.3 is 21.5 Å². The second kappa shape index (κ2) is 11.2. The summed E-state index contributed by atoms with van der Waals surface area (Å²) in [4.78, 5) is 17.2. The highest BCUT2D eigenvalue weighted by atomic mass is 79.9. The summed E-state index contributed by atoms with van der Waals surface area (Å²) in [6.45, 7) is 3.71. The predicted octanol–water partition coefficient (Wildman–Crippen LogP) is 7.10. The molecule has 0 unspecified atom stereocenters. The second-order valence-electron chi connectivity index (χ2n) is 8.37. The maximum atomic E-state index is 13.2. The van der Waals surface area contributed by atoms with E-state index in [1.165, 1.54) is 30.7 Å². The first-order valence-electron chi connectivity index (χ1n) is 11.7. The summed E-state index contributed by atoms with van der Waals surface area (Å²) in [5, 5.41) is -0.0401. The molecular formula is C25H22BrClF3N3O5S. The average Bonchev–Trinajstić information content (AvgIpc) is 3.32. The molecule has 0 saturated heterocycles. The van der Waals surface area contributed by atoms with E-state index in [4.69, 9.17) is 20.8 Å². The van der Waals surface area contributed by atoms with Crippen molar-refractivity contribution in [3.05, 3.63) is 69.6 Å². The second-order valence-corrected chi connectivity index (χ2v) is 11.2. The number of carbonyl (C=O) groups is 1. The monoisotopic (exact) mass is 647 g/mol. The van der Waals surface area contributed by atoms with Gasteiger partial charge < -0.3 is 13.7 Å². The number of para-hydroxylation sites is 1. The molecule has 0 saturated carbocycles. The molecule has 0 amide bonds. The summed E-state index contributed by atoms with van der Waals surface area (Å²) < 4.78 is 77.9. The number of rotatable bonds is 9. The van der Waals surface area contributed by atoms with Crippen LogP contribution in [-0.2, 0) is 27.7 Å². The minimum Gasteiger partial charge on any atom is -0.472 e. The van der Waals surface area contributed by atoms with Crippen LogP contribution in [0.4, 0.5) is 18.9 Å². The van der Waals surface area contributed by atoms with Crippen LogP contribution in [0, 0.1) is 0 Å². The van der Waals surface area contributed by atoms with Crippen LogP contribution in [0.15, 0.2) is 51.7 Å². The van der Waals surface area contributed by atoms with Gasteiger partial charge in [-0.05, 0) is 52.5 Å². The van der Waals surface area contributed by atoms with Gasteiger partial charge in [-0.1, -0.05) is 36.7 Å². The molecule has 2 aromatic rings. The van der Waals surface area contributed by atoms with Gasteiger partial charge in [0.15, 0.2) is 10.8 Å². The largest absolute Gasteiger partial charge is 0.516 e. The number of anilines is 1. The van der Waals surface area contributed by atoms with Crippen molar-refractivity contribution in [3.63, 3.8) is 0 Å². The molecule has 4 rings (SSSR count). The quantitative estimate of drug-likeness (QED) is 0.194. The van der Waals surface area contributed by atoms with Crippen molar-refractivity contribution in [2.75, 3.05) is 11.3 Å². The first-order valence-corrected chi connectivity index (χ1v) is 14.3. The molecule has 0 fully saturated rings. The number of benzene rings is 1. The number of aromatic nitrogens is 2. The molecule has 1 aromatic heterocycles. The van der Waals surface area contributed by atoms with E-state index in [9.17, 15) is 26.4 Å². The lowest BCUT2D eigenvalue weighted by molar-refractivity contribution is -0.0429. The highest BCUT2D eigenvalue weighted by molar-refractivity contribution is 9.10. The van der Waals surface area contributed by atoms with Crippen LogP contribution < -0.4 is 4.72 Å². The maximum absolute atomic E-state index is 13.2. The molecule has 1 aliphatic carbocycles. The molecule has 0 spiro atoms. The SMILES string of the molecule is CCCc1nc(Cl)c(C(=O)OCC)n1Cc1c2ccocc-2c(Br)c1-c1ccccc1NS(=O)(=O)C(F)(F)F. The van der Waals surface area contributed by atoms with E-state index in [-0.39, 0.29) is 35.2 Å². The summed E-state index contributed by atoms with van der Waals surface area (Å²) in [6.07, 6.45) is 4.05. The Morgan fingerprint density at radius 3 is 2.56 bits per heavy atom. The first-order chi connectivity index (χ1) is 18.4. The molecule has 208 valence electrons. The lowest BCUT2D eigenvalue weighted by Crippen LogP contribution is -2.30. The van der Waals surface area contributed by atoms with E-state index in [2.05, 4.69) is 20.9 Å². The fraction of sp³-hybridized carbons (Fsp3) is 0.280. The molecule has 2 heterocycles. The fourth-order valence-corrected chi connectivity index (χ4v) is 5.86. The Bertz CT molecular complexity index is 1600. The zero-order valence-corrected chi connectivity index (χ0v) is 23.8. The van der Waals surface area contributed by atoms with Gasteiger partial charge in [0.25, 0.3) is 0 Å². The lowest BCUT2D eigenvalue weighted by atomic mass is 10.0. The van der Waals surface area contributed by atoms with Crippen molar-refractivity contribution in [2.24, 2.45) is 0 Å². The normalized spacial score (nSPS) is 12.2. The van der Waals surface area contributed by atoms with Gasteiger partial charge in [0, 0.05) is 27.6 Å². The Hall–Kier alpha value is -3.03. The maximum Gasteiger partial charge on any atom is 0.516 e. The standard InChI is InChI=1S/C25H22BrClF3N3O5S/c1-3-7-19-31-23(27)22(24(34)38-4-2)33(19)12-16-14-10-11-37-13-17(14)21(26)20(16)15-8-5-6-9-18(15)32-39(35,36)25(28,29)30/h5-6,8-11,13,32H,3-4,7,12H2,1-2H3. The number of imidazole rings is 1. The van der Waals surface area contributed by atoms with Crippen LogP contribution in [0.2, 0.25) is 5.15 Å². The highest BCUT2D eigenvalue weighted by Gasteiger charge is 2.46. The van der Waals surface area contributed by atoms with Crippen LogP contribution in [0.5, 0.6) is 0 Å². The zero-order chi connectivity index (χ0) is 28.5. The third-order valence-electron chi connectivity index (χ3n) is 5.88. The van der Waals surface area contributed by atoms with Gasteiger partial charge in [-0.25, -0.2) is 9.78 Å². The number of aryl methyl sites for hydroxylation is 1. The summed E-state index contributed by atoms with van der Waals surface area (Å²) in [5.41, 5.74) is -3.42. The van der Waals surface area contributed by atoms with Crippen LogP contribution in [0.3, 0.4) is 0 Å². The molecule has 0 bridgehead atoms. The van der Waals surface area contributed by atoms with Gasteiger partial charge in [-0.15, -0.1) is 0 Å². The zero-order valence-electron chi connectivity index (χ0n) is 20.6. The van der Waals surface area contributed by atoms with Crippen LogP contribution in [-0.4, -0.2) is 36.1 Å². The minimum absolute atomic E-state index is 0.0189. The topological polar surface area (TPSA) is 103 Å². The number of fused-ring (bicyclic) bond motifs is 1. The van der Waals surface area contributed by atoms with E-state index in [1.54, 1.807) is 28.3 Å². The summed E-state index contributed by atoms with van der Waals surface area (Å²) in [7, 11) is -5.71. The van der Waals surface area contributed by atoms with E-state index >= 15 is 0 Å². The lowest BCUT2D eigenvalue weighted by Gasteiger charge is -2.17. The van der Waals surface area contributed by atoms with Crippen molar-refractivity contribution in [1.82, 2.24) is 9.55 Å². The number of nitrogens with zero attached hydrogens (tertiary/aromatic N) is 2. The molecule has 8 nitrogen and oxygen atoms in total. The minimum atomic E-state index is -5.71. The molecule has 1 aliphatic heterocycles. The molecule has 2 aliphatic rings. The molecule has 0 radical (unpaired) electrons. The van der Waals surface area contributed by atoms with Crippen molar-refractivity contribution in [1.29, 1.82) is 0 Å². The van der Waals surface area contributed by atoms with Crippen LogP contribution in [0.1, 0.15) is 42.1 Å². The number of carbonyl (C=O) groups excluding carboxylic acids is 1.